The topological polar surface area (TPSA) is 76.2 Å². The van der Waals surface area contributed by atoms with Crippen molar-refractivity contribution in [3.05, 3.63) is 42.5 Å². The van der Waals surface area contributed by atoms with Crippen molar-refractivity contribution in [3.8, 4) is 11.5 Å². The van der Waals surface area contributed by atoms with E-state index in [2.05, 4.69) is 20.0 Å². The molecule has 148 valence electrons. The fourth-order valence-corrected chi connectivity index (χ4v) is 3.32. The highest BCUT2D eigenvalue weighted by Crippen LogP contribution is 2.29. The number of carbonyl (C=O) groups excluding carboxylic acids is 1. The molecule has 6 nitrogen and oxygen atoms in total. The van der Waals surface area contributed by atoms with E-state index in [0.717, 1.165) is 16.8 Å². The number of nitrogens with zero attached hydrogens (tertiary/aromatic N) is 1. The smallest absolute Gasteiger partial charge is 0.387 e. The molecule has 0 saturated carbocycles. The van der Waals surface area contributed by atoms with Gasteiger partial charge in [-0.3, -0.25) is 4.79 Å². The molecule has 1 unspecified atom stereocenters. The zero-order valence-corrected chi connectivity index (χ0v) is 16.1. The van der Waals surface area contributed by atoms with Gasteiger partial charge >= 0.3 is 6.61 Å². The maximum Gasteiger partial charge on any atom is 0.387 e. The van der Waals surface area contributed by atoms with Crippen molar-refractivity contribution >= 4 is 34.4 Å². The molecular formula is C19H19F2N3O3S. The third-order valence-corrected chi connectivity index (χ3v) is 4.75. The third-order valence-electron chi connectivity index (χ3n) is 3.76. The first-order valence-corrected chi connectivity index (χ1v) is 9.48. The van der Waals surface area contributed by atoms with Crippen LogP contribution in [0.2, 0.25) is 0 Å². The molecule has 0 bridgehead atoms. The Morgan fingerprint density at radius 2 is 2.07 bits per heavy atom. The molecule has 0 radical (unpaired) electrons. The van der Waals surface area contributed by atoms with E-state index in [4.69, 9.17) is 4.74 Å². The average molecular weight is 407 g/mol. The van der Waals surface area contributed by atoms with Gasteiger partial charge in [-0.1, -0.05) is 23.9 Å². The minimum atomic E-state index is -2.97. The number of ether oxygens (including phenoxy) is 2. The van der Waals surface area contributed by atoms with Gasteiger partial charge in [-0.15, -0.1) is 0 Å². The molecule has 0 aliphatic rings. The van der Waals surface area contributed by atoms with E-state index in [0.29, 0.717) is 11.8 Å². The van der Waals surface area contributed by atoms with Crippen LogP contribution in [0.3, 0.4) is 0 Å². The Hall–Kier alpha value is -2.81. The summed E-state index contributed by atoms with van der Waals surface area (Å²) in [6.07, 6.45) is 0. The molecule has 1 atom stereocenters. The number of alkyl halides is 2. The maximum atomic E-state index is 12.5. The number of aromatic nitrogens is 2. The average Bonchev–Trinajstić information content (AvgIpc) is 3.04. The van der Waals surface area contributed by atoms with Crippen LogP contribution in [0.5, 0.6) is 11.5 Å². The molecule has 0 saturated heterocycles. The van der Waals surface area contributed by atoms with Crippen molar-refractivity contribution in [2.75, 3.05) is 11.9 Å². The number of carbonyl (C=O) groups is 1. The Bertz CT molecular complexity index is 965. The first-order chi connectivity index (χ1) is 13.5. The van der Waals surface area contributed by atoms with E-state index in [-0.39, 0.29) is 17.3 Å². The maximum absolute atomic E-state index is 12.5. The van der Waals surface area contributed by atoms with Gasteiger partial charge in [0.1, 0.15) is 11.5 Å². The lowest BCUT2D eigenvalue weighted by Crippen LogP contribution is -2.23. The van der Waals surface area contributed by atoms with Gasteiger partial charge < -0.3 is 19.8 Å². The summed E-state index contributed by atoms with van der Waals surface area (Å²) in [6.45, 7) is 1.20. The molecular weight excluding hydrogens is 388 g/mol. The van der Waals surface area contributed by atoms with Crippen LogP contribution in [-0.4, -0.2) is 34.3 Å². The van der Waals surface area contributed by atoms with Crippen LogP contribution in [0.4, 0.5) is 14.5 Å². The number of H-pyrrole nitrogens is 1. The van der Waals surface area contributed by atoms with E-state index in [1.165, 1.54) is 23.9 Å². The number of anilines is 1. The van der Waals surface area contributed by atoms with Crippen LogP contribution in [0.1, 0.15) is 13.8 Å². The minimum Gasteiger partial charge on any atom is -0.494 e. The van der Waals surface area contributed by atoms with Gasteiger partial charge in [0, 0.05) is 6.07 Å². The van der Waals surface area contributed by atoms with E-state index in [1.807, 2.05) is 25.1 Å². The number of nitrogens with one attached hydrogen (secondary N) is 2. The highest BCUT2D eigenvalue weighted by atomic mass is 32.2. The predicted octanol–water partition coefficient (Wildman–Crippen LogP) is 4.68. The minimum absolute atomic E-state index is 0.0877. The van der Waals surface area contributed by atoms with Crippen molar-refractivity contribution in [1.82, 2.24) is 9.97 Å². The lowest BCUT2D eigenvalue weighted by atomic mass is 10.3. The van der Waals surface area contributed by atoms with E-state index >= 15 is 0 Å². The molecule has 2 N–H and O–H groups in total. The molecule has 0 aliphatic heterocycles. The van der Waals surface area contributed by atoms with Gasteiger partial charge in [-0.2, -0.15) is 8.78 Å². The Morgan fingerprint density at radius 1 is 1.29 bits per heavy atom. The summed E-state index contributed by atoms with van der Waals surface area (Å²) in [7, 11) is 0. The molecule has 2 aromatic carbocycles. The highest BCUT2D eigenvalue weighted by molar-refractivity contribution is 8.00. The molecule has 0 fully saturated rings. The van der Waals surface area contributed by atoms with Gasteiger partial charge in [-0.25, -0.2) is 4.98 Å². The third kappa shape index (κ3) is 4.92. The van der Waals surface area contributed by atoms with Crippen LogP contribution in [-0.2, 0) is 4.79 Å². The van der Waals surface area contributed by atoms with Crippen molar-refractivity contribution < 1.29 is 23.0 Å². The Morgan fingerprint density at radius 3 is 2.82 bits per heavy atom. The summed E-state index contributed by atoms with van der Waals surface area (Å²) in [5.41, 5.74) is 1.75. The van der Waals surface area contributed by atoms with Crippen LogP contribution in [0, 0.1) is 0 Å². The van der Waals surface area contributed by atoms with E-state index < -0.39 is 11.9 Å². The van der Waals surface area contributed by atoms with Crippen LogP contribution < -0.4 is 14.8 Å². The molecule has 3 rings (SSSR count). The summed E-state index contributed by atoms with van der Waals surface area (Å²) in [4.78, 5) is 20.1. The van der Waals surface area contributed by atoms with Crippen LogP contribution in [0.15, 0.2) is 47.6 Å². The van der Waals surface area contributed by atoms with Crippen molar-refractivity contribution in [3.63, 3.8) is 0 Å². The first kappa shape index (κ1) is 19.9. The van der Waals surface area contributed by atoms with Crippen LogP contribution in [0.25, 0.3) is 11.0 Å². The van der Waals surface area contributed by atoms with Crippen molar-refractivity contribution in [2.45, 2.75) is 30.9 Å². The molecule has 0 aliphatic carbocycles. The lowest BCUT2D eigenvalue weighted by Gasteiger charge is -2.14. The largest absolute Gasteiger partial charge is 0.494 e. The number of aromatic amines is 1. The first-order valence-electron chi connectivity index (χ1n) is 8.60. The fraction of sp³-hybridized carbons (Fsp3) is 0.263. The Balaban J connectivity index is 1.68. The molecule has 3 aromatic rings. The number of rotatable bonds is 8. The fourth-order valence-electron chi connectivity index (χ4n) is 2.50. The number of amides is 1. The van der Waals surface area contributed by atoms with E-state index in [1.54, 1.807) is 19.1 Å². The Labute approximate surface area is 164 Å². The second-order valence-electron chi connectivity index (χ2n) is 5.78. The van der Waals surface area contributed by atoms with Crippen LogP contribution >= 0.6 is 11.8 Å². The normalized spacial score (nSPS) is 12.2. The second-order valence-corrected chi connectivity index (χ2v) is 7.11. The lowest BCUT2D eigenvalue weighted by molar-refractivity contribution is -0.115. The summed E-state index contributed by atoms with van der Waals surface area (Å²) in [5.74, 6) is 0.289. The summed E-state index contributed by atoms with van der Waals surface area (Å²) < 4.78 is 34.9. The second kappa shape index (κ2) is 8.92. The molecule has 0 spiro atoms. The van der Waals surface area contributed by atoms with Gasteiger partial charge in [0.15, 0.2) is 5.16 Å². The monoisotopic (exact) mass is 407 g/mol. The zero-order valence-electron chi connectivity index (χ0n) is 15.2. The summed E-state index contributed by atoms with van der Waals surface area (Å²) >= 11 is 1.23. The SMILES string of the molecule is CCOc1ccc2nc(SC(C)C(=O)Nc3ccccc3OC(F)F)[nH]c2c1. The number of halogens is 2. The number of fused-ring (bicyclic) bond motifs is 1. The highest BCUT2D eigenvalue weighted by Gasteiger charge is 2.19. The van der Waals surface area contributed by atoms with E-state index in [9.17, 15) is 13.6 Å². The molecule has 1 aromatic heterocycles. The number of para-hydroxylation sites is 2. The summed E-state index contributed by atoms with van der Waals surface area (Å²) in [5, 5.41) is 2.67. The van der Waals surface area contributed by atoms with Gasteiger partial charge in [0.25, 0.3) is 0 Å². The summed E-state index contributed by atoms with van der Waals surface area (Å²) in [6, 6.07) is 11.6. The van der Waals surface area contributed by atoms with Gasteiger partial charge in [0.2, 0.25) is 5.91 Å². The molecule has 28 heavy (non-hydrogen) atoms. The standard InChI is InChI=1S/C19H19F2N3O3S/c1-3-26-12-8-9-13-15(10-12)24-19(23-13)28-11(2)17(25)22-14-6-4-5-7-16(14)27-18(20)21/h4-11,18H,3H2,1-2H3,(H,22,25)(H,23,24). The van der Waals surface area contributed by atoms with Gasteiger partial charge in [-0.05, 0) is 38.1 Å². The quantitative estimate of drug-likeness (QED) is 0.530. The molecule has 1 amide bonds. The molecule has 9 heteroatoms. The number of thioether (sulfide) groups is 1. The predicted molar refractivity (Wildman–Crippen MR) is 104 cm³/mol. The number of benzene rings is 2. The number of hydrogen-bond donors (Lipinski definition) is 2. The van der Waals surface area contributed by atoms with Crippen molar-refractivity contribution in [2.24, 2.45) is 0 Å². The molecule has 1 heterocycles. The van der Waals surface area contributed by atoms with Crippen molar-refractivity contribution in [1.29, 1.82) is 0 Å². The zero-order chi connectivity index (χ0) is 20.1. The number of imidazole rings is 1. The Kier molecular flexibility index (Phi) is 6.35. The number of hydrogen-bond acceptors (Lipinski definition) is 5. The van der Waals surface area contributed by atoms with Gasteiger partial charge in [0.05, 0.1) is 28.6 Å².